The Kier molecular flexibility index (Phi) is 5.48. The molecule has 1 aliphatic heterocycles. The summed E-state index contributed by atoms with van der Waals surface area (Å²) in [6, 6.07) is 17.6. The first-order valence-corrected chi connectivity index (χ1v) is 11.6. The van der Waals surface area contributed by atoms with Gasteiger partial charge in [-0.05, 0) is 59.0 Å². The van der Waals surface area contributed by atoms with E-state index in [-0.39, 0.29) is 17.0 Å². The predicted molar refractivity (Wildman–Crippen MR) is 129 cm³/mol. The summed E-state index contributed by atoms with van der Waals surface area (Å²) in [5, 5.41) is 14.8. The topological polar surface area (TPSA) is 57.6 Å². The third-order valence-corrected chi connectivity index (χ3v) is 7.14. The Labute approximate surface area is 202 Å². The molecule has 4 nitrogen and oxygen atoms in total. The van der Waals surface area contributed by atoms with Crippen LogP contribution in [0.3, 0.4) is 0 Å². The van der Waals surface area contributed by atoms with Gasteiger partial charge in [0.2, 0.25) is 0 Å². The van der Waals surface area contributed by atoms with Crippen LogP contribution in [0.4, 0.5) is 18.9 Å². The lowest BCUT2D eigenvalue weighted by Gasteiger charge is -2.25. The number of aryl methyl sites for hydroxylation is 1. The molecule has 1 atom stereocenters. The van der Waals surface area contributed by atoms with Crippen molar-refractivity contribution >= 4 is 45.2 Å². The number of thiophene rings is 1. The molecule has 5 rings (SSSR count). The monoisotopic (exact) mass is 493 g/mol. The van der Waals surface area contributed by atoms with Crippen molar-refractivity contribution in [3.8, 4) is 0 Å². The predicted octanol–water partition coefficient (Wildman–Crippen LogP) is 6.85. The largest absolute Gasteiger partial charge is 0.507 e. The zero-order chi connectivity index (χ0) is 24.9. The van der Waals surface area contributed by atoms with Crippen LogP contribution in [0.5, 0.6) is 0 Å². The van der Waals surface area contributed by atoms with Crippen molar-refractivity contribution in [2.75, 3.05) is 4.90 Å². The fraction of sp³-hybridized carbons (Fsp3) is 0.111. The van der Waals surface area contributed by atoms with Gasteiger partial charge in [-0.1, -0.05) is 42.5 Å². The average molecular weight is 494 g/mol. The van der Waals surface area contributed by atoms with Gasteiger partial charge in [0.15, 0.2) is 0 Å². The Morgan fingerprint density at radius 2 is 1.69 bits per heavy atom. The van der Waals surface area contributed by atoms with Crippen molar-refractivity contribution in [1.29, 1.82) is 0 Å². The molecular weight excluding hydrogens is 475 g/mol. The van der Waals surface area contributed by atoms with Crippen molar-refractivity contribution in [2.24, 2.45) is 0 Å². The third kappa shape index (κ3) is 3.89. The first-order chi connectivity index (χ1) is 16.7. The number of amides is 1. The first-order valence-electron chi connectivity index (χ1n) is 10.7. The Balaban J connectivity index is 1.72. The van der Waals surface area contributed by atoms with Crippen molar-refractivity contribution in [3.05, 3.63) is 105 Å². The first kappa shape index (κ1) is 22.9. The summed E-state index contributed by atoms with van der Waals surface area (Å²) in [5.74, 6) is -2.32. The Bertz CT molecular complexity index is 1520. The lowest BCUT2D eigenvalue weighted by atomic mass is 9.97. The van der Waals surface area contributed by atoms with Gasteiger partial charge in [-0.15, -0.1) is 11.3 Å². The molecule has 176 valence electrons. The molecule has 35 heavy (non-hydrogen) atoms. The van der Waals surface area contributed by atoms with E-state index in [0.29, 0.717) is 10.4 Å². The fourth-order valence-corrected chi connectivity index (χ4v) is 5.36. The number of ketones is 1. The molecule has 2 heterocycles. The van der Waals surface area contributed by atoms with E-state index >= 15 is 0 Å². The van der Waals surface area contributed by atoms with Crippen molar-refractivity contribution in [1.82, 2.24) is 0 Å². The normalized spacial score (nSPS) is 17.9. The highest BCUT2D eigenvalue weighted by atomic mass is 32.1. The fourth-order valence-electron chi connectivity index (χ4n) is 4.34. The van der Waals surface area contributed by atoms with Crippen LogP contribution in [0.15, 0.2) is 83.7 Å². The van der Waals surface area contributed by atoms with Crippen molar-refractivity contribution < 1.29 is 27.9 Å². The number of aliphatic hydroxyl groups excluding tert-OH is 1. The zero-order valence-corrected chi connectivity index (χ0v) is 19.2. The molecule has 0 saturated carbocycles. The second-order valence-electron chi connectivity index (χ2n) is 8.25. The average Bonchev–Trinajstić information content (AvgIpc) is 3.38. The molecule has 1 amide bonds. The van der Waals surface area contributed by atoms with Crippen molar-refractivity contribution in [2.45, 2.75) is 19.1 Å². The summed E-state index contributed by atoms with van der Waals surface area (Å²) in [5.41, 5.74) is -0.0770. The molecule has 1 aliphatic rings. The minimum absolute atomic E-state index is 0.0720. The number of fused-ring (bicyclic) bond motifs is 1. The van der Waals surface area contributed by atoms with Crippen LogP contribution < -0.4 is 4.90 Å². The Hall–Kier alpha value is -3.91. The van der Waals surface area contributed by atoms with Gasteiger partial charge in [-0.3, -0.25) is 14.5 Å². The molecular formula is C27H18F3NO3S. The molecule has 0 spiro atoms. The smallest absolute Gasteiger partial charge is 0.416 e. The van der Waals surface area contributed by atoms with Crippen molar-refractivity contribution in [3.63, 3.8) is 0 Å². The van der Waals surface area contributed by atoms with Crippen LogP contribution in [0.25, 0.3) is 16.5 Å². The summed E-state index contributed by atoms with van der Waals surface area (Å²) in [4.78, 5) is 28.1. The van der Waals surface area contributed by atoms with Gasteiger partial charge < -0.3 is 5.11 Å². The number of hydrogen-bond donors (Lipinski definition) is 1. The van der Waals surface area contributed by atoms with Gasteiger partial charge >= 0.3 is 6.18 Å². The minimum Gasteiger partial charge on any atom is -0.507 e. The molecule has 0 aliphatic carbocycles. The highest BCUT2D eigenvalue weighted by Gasteiger charge is 2.48. The molecule has 0 radical (unpaired) electrons. The molecule has 1 fully saturated rings. The molecule has 3 aromatic carbocycles. The maximum absolute atomic E-state index is 13.4. The molecule has 1 N–H and O–H groups in total. The molecule has 1 unspecified atom stereocenters. The van der Waals surface area contributed by atoms with Crippen LogP contribution in [0.1, 0.15) is 27.6 Å². The summed E-state index contributed by atoms with van der Waals surface area (Å²) in [7, 11) is 0. The number of aliphatic hydroxyl groups is 1. The minimum atomic E-state index is -4.62. The number of Topliss-reactive ketones (excluding diaryl/α,β-unsaturated/α-hetero) is 1. The van der Waals surface area contributed by atoms with E-state index in [4.69, 9.17) is 0 Å². The lowest BCUT2D eigenvalue weighted by molar-refractivity contribution is -0.137. The number of halogens is 3. The molecule has 1 saturated heterocycles. The lowest BCUT2D eigenvalue weighted by Crippen LogP contribution is -2.29. The summed E-state index contributed by atoms with van der Waals surface area (Å²) >= 11 is 1.26. The van der Waals surface area contributed by atoms with E-state index in [2.05, 4.69) is 0 Å². The highest BCUT2D eigenvalue weighted by molar-refractivity contribution is 7.10. The second-order valence-corrected chi connectivity index (χ2v) is 9.19. The van der Waals surface area contributed by atoms with E-state index in [1.807, 2.05) is 24.3 Å². The van der Waals surface area contributed by atoms with E-state index < -0.39 is 29.5 Å². The van der Waals surface area contributed by atoms with Crippen LogP contribution >= 0.6 is 11.3 Å². The van der Waals surface area contributed by atoms with E-state index in [1.54, 1.807) is 36.6 Å². The van der Waals surface area contributed by atoms with E-state index in [1.165, 1.54) is 23.5 Å². The maximum Gasteiger partial charge on any atom is 0.416 e. The number of anilines is 1. The molecule has 0 bridgehead atoms. The Morgan fingerprint density at radius 3 is 2.37 bits per heavy atom. The standard InChI is InChI=1S/C27H18F3NO3S/c1-15-11-12-35-25(15)22-21(23(32)18-10-9-16-5-2-3-6-17(16)13-18)24(33)26(34)31(22)20-8-4-7-19(14-20)27(28,29)30/h2-14,22,32H,1H3/b23-21-. The number of hydrogen-bond acceptors (Lipinski definition) is 4. The summed E-state index contributed by atoms with van der Waals surface area (Å²) < 4.78 is 40.2. The zero-order valence-electron chi connectivity index (χ0n) is 18.3. The number of carbonyl (C=O) groups excluding carboxylic acids is 2. The van der Waals surface area contributed by atoms with Gasteiger partial charge in [0.25, 0.3) is 11.7 Å². The van der Waals surface area contributed by atoms with Crippen LogP contribution in [0.2, 0.25) is 0 Å². The van der Waals surface area contributed by atoms with Gasteiger partial charge in [0.05, 0.1) is 11.1 Å². The van der Waals surface area contributed by atoms with Crippen LogP contribution in [-0.2, 0) is 15.8 Å². The van der Waals surface area contributed by atoms with Crippen LogP contribution in [0, 0.1) is 6.92 Å². The van der Waals surface area contributed by atoms with E-state index in [9.17, 15) is 27.9 Å². The number of rotatable bonds is 3. The third-order valence-electron chi connectivity index (χ3n) is 6.07. The van der Waals surface area contributed by atoms with Crippen LogP contribution in [-0.4, -0.2) is 16.8 Å². The summed E-state index contributed by atoms with van der Waals surface area (Å²) in [6.07, 6.45) is -4.62. The number of alkyl halides is 3. The number of benzene rings is 3. The summed E-state index contributed by atoms with van der Waals surface area (Å²) in [6.45, 7) is 1.79. The quantitative estimate of drug-likeness (QED) is 0.193. The molecule has 8 heteroatoms. The van der Waals surface area contributed by atoms with Gasteiger partial charge in [0.1, 0.15) is 11.8 Å². The second kappa shape index (κ2) is 8.39. The molecule has 1 aromatic heterocycles. The van der Waals surface area contributed by atoms with Gasteiger partial charge in [-0.25, -0.2) is 0 Å². The maximum atomic E-state index is 13.4. The Morgan fingerprint density at radius 1 is 0.943 bits per heavy atom. The number of nitrogens with zero attached hydrogens (tertiary/aromatic N) is 1. The number of carbonyl (C=O) groups is 2. The molecule has 4 aromatic rings. The SMILES string of the molecule is Cc1ccsc1C1/C(=C(/O)c2ccc3ccccc3c2)C(=O)C(=O)N1c1cccc(C(F)(F)F)c1. The van der Waals surface area contributed by atoms with E-state index in [0.717, 1.165) is 33.4 Å². The highest BCUT2D eigenvalue weighted by Crippen LogP contribution is 2.45. The van der Waals surface area contributed by atoms with Gasteiger partial charge in [-0.2, -0.15) is 13.2 Å². The van der Waals surface area contributed by atoms with Gasteiger partial charge in [0, 0.05) is 16.1 Å².